The molecule has 18 heteroatoms. The van der Waals surface area contributed by atoms with Gasteiger partial charge in [0.25, 0.3) is 0 Å². The second kappa shape index (κ2) is 17.1. The molecule has 2 aliphatic heterocycles. The predicted molar refractivity (Wildman–Crippen MR) is 212 cm³/mol. The molecule has 2 unspecified atom stereocenters. The third kappa shape index (κ3) is 10.2. The largest absolute Gasteiger partial charge is 0.508 e. The van der Waals surface area contributed by atoms with Gasteiger partial charge >= 0.3 is 22.2 Å². The van der Waals surface area contributed by atoms with Crippen molar-refractivity contribution in [2.75, 3.05) is 58.0 Å². The minimum Gasteiger partial charge on any atom is -0.508 e. The lowest BCUT2D eigenvalue weighted by molar-refractivity contribution is 0.163. The van der Waals surface area contributed by atoms with Crippen molar-refractivity contribution in [1.29, 1.82) is 0 Å². The summed E-state index contributed by atoms with van der Waals surface area (Å²) in [4.78, 5) is 32.5. The average Bonchev–Trinajstić information content (AvgIpc) is 3.83. The van der Waals surface area contributed by atoms with Gasteiger partial charge in [-0.3, -0.25) is 0 Å². The zero-order valence-electron chi connectivity index (χ0n) is 32.1. The topological polar surface area (TPSA) is 145 Å². The first kappa shape index (κ1) is 42.7. The quantitative estimate of drug-likeness (QED) is 0.128. The number of phenols is 1. The van der Waals surface area contributed by atoms with Crippen LogP contribution in [0.15, 0.2) is 97.1 Å². The number of amides is 4. The lowest BCUT2D eigenvalue weighted by Gasteiger charge is -2.30. The SMILES string of the molecule is CN(CCS(C)(=O)=O)C(=O)N1CC(c2cc(F)ccc2F)=CC1c1cccc(OS(=O)(=O)CCN(C)C(=O)N2CC(c3cc(F)ccc3F)=CC2c2cccc(O)c2)c1. The van der Waals surface area contributed by atoms with Gasteiger partial charge in [0.05, 0.1) is 17.8 Å². The van der Waals surface area contributed by atoms with E-state index in [1.807, 2.05) is 0 Å². The Hall–Kier alpha value is -5.88. The molecule has 2 heterocycles. The summed E-state index contributed by atoms with van der Waals surface area (Å²) < 4.78 is 114. The Morgan fingerprint density at radius 2 is 1.17 bits per heavy atom. The monoisotopic (exact) mass is 856 g/mol. The van der Waals surface area contributed by atoms with E-state index in [0.717, 1.165) is 47.6 Å². The molecule has 6 rings (SSSR count). The second-order valence-corrected chi connectivity index (χ2v) is 18.3. The highest BCUT2D eigenvalue weighted by atomic mass is 32.2. The molecule has 2 aliphatic rings. The van der Waals surface area contributed by atoms with Crippen LogP contribution in [0.2, 0.25) is 0 Å². The molecule has 59 heavy (non-hydrogen) atoms. The maximum Gasteiger partial charge on any atom is 0.320 e. The van der Waals surface area contributed by atoms with Gasteiger partial charge in [-0.2, -0.15) is 8.42 Å². The van der Waals surface area contributed by atoms with Crippen LogP contribution in [0.5, 0.6) is 11.5 Å². The Bertz CT molecular complexity index is 2570. The summed E-state index contributed by atoms with van der Waals surface area (Å²) in [5, 5.41) is 10.1. The molecule has 312 valence electrons. The Morgan fingerprint density at radius 1 is 0.695 bits per heavy atom. The summed E-state index contributed by atoms with van der Waals surface area (Å²) in [6, 6.07) is 14.6. The van der Waals surface area contributed by atoms with Crippen LogP contribution in [0.1, 0.15) is 34.3 Å². The van der Waals surface area contributed by atoms with Crippen LogP contribution in [0.3, 0.4) is 0 Å². The maximum absolute atomic E-state index is 14.9. The molecular formula is C41H40F4N4O8S2. The second-order valence-electron chi connectivity index (χ2n) is 14.3. The van der Waals surface area contributed by atoms with Gasteiger partial charge < -0.3 is 28.9 Å². The van der Waals surface area contributed by atoms with Crippen LogP contribution in [0, 0.1) is 23.3 Å². The Kier molecular flexibility index (Phi) is 12.4. The van der Waals surface area contributed by atoms with Crippen molar-refractivity contribution in [3.8, 4) is 11.5 Å². The highest BCUT2D eigenvalue weighted by Crippen LogP contribution is 2.39. The van der Waals surface area contributed by atoms with Gasteiger partial charge in [0.15, 0.2) is 0 Å². The zero-order valence-corrected chi connectivity index (χ0v) is 33.7. The minimum atomic E-state index is -4.39. The van der Waals surface area contributed by atoms with E-state index < -0.39 is 73.1 Å². The van der Waals surface area contributed by atoms with Gasteiger partial charge in [-0.1, -0.05) is 36.4 Å². The molecule has 1 N–H and O–H groups in total. The van der Waals surface area contributed by atoms with Gasteiger partial charge in [-0.05, 0) is 82.9 Å². The van der Waals surface area contributed by atoms with E-state index in [1.165, 1.54) is 65.2 Å². The van der Waals surface area contributed by atoms with E-state index in [9.17, 15) is 49.1 Å². The lowest BCUT2D eigenvalue weighted by atomic mass is 10.0. The number of phenolic OH excluding ortho intramolecular Hbond substituents is 1. The Labute approximate surface area is 339 Å². The molecule has 2 atom stereocenters. The standard InChI is InChI=1S/C41H40F4N4O8S2/c1-46(14-16-58(3,53)54)40(51)49-25-29(35-23-31(43)11-13-37(35)45)21-39(49)27-7-5-9-33(19-27)57-59(55,56)17-15-47(2)41(52)48-24-28(34-22-30(42)10-12-36(34)44)20-38(48)26-6-4-8-32(50)18-26/h4-13,18-23,38-39,50H,14-17,24-25H2,1-3H3. The molecule has 0 bridgehead atoms. The molecule has 0 radical (unpaired) electrons. The molecule has 4 aromatic rings. The summed E-state index contributed by atoms with van der Waals surface area (Å²) in [5.41, 5.74) is 1.23. The van der Waals surface area contributed by atoms with Crippen LogP contribution >= 0.6 is 0 Å². The number of nitrogens with zero attached hydrogens (tertiary/aromatic N) is 4. The first-order chi connectivity index (χ1) is 27.8. The van der Waals surface area contributed by atoms with E-state index in [2.05, 4.69) is 0 Å². The van der Waals surface area contributed by atoms with E-state index in [-0.39, 0.29) is 60.1 Å². The predicted octanol–water partition coefficient (Wildman–Crippen LogP) is 6.39. The van der Waals surface area contributed by atoms with Crippen LogP contribution < -0.4 is 4.18 Å². The van der Waals surface area contributed by atoms with E-state index in [1.54, 1.807) is 24.3 Å². The van der Waals surface area contributed by atoms with Crippen molar-refractivity contribution in [2.24, 2.45) is 0 Å². The van der Waals surface area contributed by atoms with Gasteiger partial charge in [0, 0.05) is 57.7 Å². The number of carbonyl (C=O) groups excluding carboxylic acids is 2. The van der Waals surface area contributed by atoms with Crippen molar-refractivity contribution >= 4 is 43.2 Å². The normalized spacial score (nSPS) is 16.8. The molecule has 12 nitrogen and oxygen atoms in total. The highest BCUT2D eigenvalue weighted by Gasteiger charge is 2.36. The molecule has 0 aromatic heterocycles. The van der Waals surface area contributed by atoms with Crippen molar-refractivity contribution < 1.29 is 53.3 Å². The molecule has 4 aromatic carbocycles. The van der Waals surface area contributed by atoms with Gasteiger partial charge in [-0.25, -0.2) is 35.6 Å². The van der Waals surface area contributed by atoms with E-state index in [0.29, 0.717) is 16.7 Å². The van der Waals surface area contributed by atoms with Crippen LogP contribution in [0.25, 0.3) is 11.1 Å². The Morgan fingerprint density at radius 3 is 1.66 bits per heavy atom. The summed E-state index contributed by atoms with van der Waals surface area (Å²) in [6.07, 6.45) is 4.13. The highest BCUT2D eigenvalue weighted by molar-refractivity contribution is 7.90. The fraction of sp³-hybridized carbons (Fsp3) is 0.268. The number of rotatable bonds is 12. The first-order valence-electron chi connectivity index (χ1n) is 18.1. The molecule has 0 aliphatic carbocycles. The molecule has 0 saturated heterocycles. The smallest absolute Gasteiger partial charge is 0.320 e. The Balaban J connectivity index is 1.19. The molecule has 0 spiro atoms. The third-order valence-electron chi connectivity index (χ3n) is 9.87. The number of benzene rings is 4. The summed E-state index contributed by atoms with van der Waals surface area (Å²) in [5.74, 6) is -4.07. The number of hydrogen-bond acceptors (Lipinski definition) is 8. The fourth-order valence-electron chi connectivity index (χ4n) is 6.82. The van der Waals surface area contributed by atoms with E-state index >= 15 is 0 Å². The van der Waals surface area contributed by atoms with Crippen molar-refractivity contribution in [3.05, 3.63) is 143 Å². The van der Waals surface area contributed by atoms with Crippen LogP contribution in [-0.2, 0) is 20.0 Å². The summed E-state index contributed by atoms with van der Waals surface area (Å²) in [7, 11) is -5.06. The first-order valence-corrected chi connectivity index (χ1v) is 21.8. The number of hydrogen-bond donors (Lipinski definition) is 1. The summed E-state index contributed by atoms with van der Waals surface area (Å²) >= 11 is 0. The molecule has 0 saturated carbocycles. The number of urea groups is 2. The van der Waals surface area contributed by atoms with Crippen LogP contribution in [-0.4, -0.2) is 112 Å². The number of aromatic hydroxyl groups is 1. The number of carbonyl (C=O) groups is 2. The van der Waals surface area contributed by atoms with Crippen molar-refractivity contribution in [3.63, 3.8) is 0 Å². The molecule has 0 fully saturated rings. The van der Waals surface area contributed by atoms with Crippen molar-refractivity contribution in [1.82, 2.24) is 19.6 Å². The van der Waals surface area contributed by atoms with Gasteiger partial charge in [0.1, 0.15) is 50.4 Å². The minimum absolute atomic E-state index is 0.0526. The van der Waals surface area contributed by atoms with Crippen molar-refractivity contribution in [2.45, 2.75) is 12.1 Å². The third-order valence-corrected chi connectivity index (χ3v) is 11.9. The fourth-order valence-corrected chi connectivity index (χ4v) is 8.40. The van der Waals surface area contributed by atoms with Crippen LogP contribution in [0.4, 0.5) is 27.2 Å². The number of halogens is 4. The number of sulfone groups is 1. The van der Waals surface area contributed by atoms with Gasteiger partial charge in [0.2, 0.25) is 0 Å². The maximum atomic E-state index is 14.9. The van der Waals surface area contributed by atoms with E-state index in [4.69, 9.17) is 4.18 Å². The molecular weight excluding hydrogens is 817 g/mol. The average molecular weight is 857 g/mol. The lowest BCUT2D eigenvalue weighted by Crippen LogP contribution is -2.43. The van der Waals surface area contributed by atoms with Gasteiger partial charge in [-0.15, -0.1) is 0 Å². The summed E-state index contributed by atoms with van der Waals surface area (Å²) in [6.45, 7) is -0.853. The zero-order chi connectivity index (χ0) is 42.8. The molecule has 4 amide bonds.